The summed E-state index contributed by atoms with van der Waals surface area (Å²) in [5.41, 5.74) is 0. The zero-order valence-corrected chi connectivity index (χ0v) is 8.19. The fourth-order valence-electron chi connectivity index (χ4n) is 1.46. The molecule has 1 saturated carbocycles. The highest BCUT2D eigenvalue weighted by Crippen LogP contribution is 2.28. The van der Waals surface area contributed by atoms with Gasteiger partial charge in [-0.1, -0.05) is 0 Å². The lowest BCUT2D eigenvalue weighted by atomic mass is 9.79. The molecule has 1 aliphatic rings. The third-order valence-electron chi connectivity index (χ3n) is 2.40. The Hall–Kier alpha value is -1.30. The zero-order valence-electron chi connectivity index (χ0n) is 8.19. The van der Waals surface area contributed by atoms with Gasteiger partial charge in [0.25, 0.3) is 0 Å². The number of carbonyl (C=O) groups is 2. The van der Waals surface area contributed by atoms with Crippen LogP contribution in [0.1, 0.15) is 12.8 Å². The monoisotopic (exact) mass is 202 g/mol. The van der Waals surface area contributed by atoms with Crippen molar-refractivity contribution in [1.82, 2.24) is 10.4 Å². The Morgan fingerprint density at radius 3 is 2.50 bits per heavy atom. The van der Waals surface area contributed by atoms with Gasteiger partial charge in [0.15, 0.2) is 0 Å². The highest BCUT2D eigenvalue weighted by Gasteiger charge is 2.37. The van der Waals surface area contributed by atoms with Gasteiger partial charge in [0.05, 0.1) is 7.11 Å². The van der Waals surface area contributed by atoms with Crippen molar-refractivity contribution in [3.63, 3.8) is 0 Å². The fraction of sp³-hybridized carbons (Fsp3) is 0.750. The van der Waals surface area contributed by atoms with Crippen LogP contribution in [0.3, 0.4) is 0 Å². The van der Waals surface area contributed by atoms with Crippen LogP contribution in [-0.2, 0) is 9.63 Å². The summed E-state index contributed by atoms with van der Waals surface area (Å²) in [5.74, 6) is -0.215. The minimum atomic E-state index is -1.04. The van der Waals surface area contributed by atoms with E-state index in [0.29, 0.717) is 12.8 Å². The minimum Gasteiger partial charge on any atom is -0.465 e. The molecule has 0 aromatic carbocycles. The van der Waals surface area contributed by atoms with Crippen LogP contribution >= 0.6 is 0 Å². The number of nitrogens with one attached hydrogen (secondary N) is 1. The van der Waals surface area contributed by atoms with E-state index in [1.807, 2.05) is 0 Å². The second-order valence-corrected chi connectivity index (χ2v) is 3.33. The van der Waals surface area contributed by atoms with Gasteiger partial charge in [-0.2, -0.15) is 0 Å². The molecule has 6 nitrogen and oxygen atoms in total. The molecule has 1 aliphatic carbocycles. The number of rotatable bonds is 3. The van der Waals surface area contributed by atoms with Crippen LogP contribution in [0.2, 0.25) is 0 Å². The predicted molar refractivity (Wildman–Crippen MR) is 47.5 cm³/mol. The summed E-state index contributed by atoms with van der Waals surface area (Å²) < 4.78 is 0. The van der Waals surface area contributed by atoms with E-state index in [2.05, 4.69) is 5.32 Å². The van der Waals surface area contributed by atoms with Crippen molar-refractivity contribution in [1.29, 1.82) is 0 Å². The summed E-state index contributed by atoms with van der Waals surface area (Å²) in [6.45, 7) is 0. The number of hydrogen-bond acceptors (Lipinski definition) is 3. The Morgan fingerprint density at radius 1 is 1.50 bits per heavy atom. The standard InChI is InChI=1S/C8H14N2O4/c1-10(14-2)7(11)5-3-6(4-5)9-8(12)13/h5-6,9H,3-4H2,1-2H3,(H,12,13). The summed E-state index contributed by atoms with van der Waals surface area (Å²) in [4.78, 5) is 26.4. The van der Waals surface area contributed by atoms with Crippen LogP contribution in [0.4, 0.5) is 4.79 Å². The van der Waals surface area contributed by atoms with Crippen molar-refractivity contribution in [3.8, 4) is 0 Å². The molecule has 0 atom stereocenters. The van der Waals surface area contributed by atoms with Crippen molar-refractivity contribution in [2.24, 2.45) is 5.92 Å². The van der Waals surface area contributed by atoms with Gasteiger partial charge in [0.2, 0.25) is 5.91 Å². The number of nitrogens with zero attached hydrogens (tertiary/aromatic N) is 1. The van der Waals surface area contributed by atoms with Crippen LogP contribution in [0.5, 0.6) is 0 Å². The third kappa shape index (κ3) is 2.35. The number of hydroxylamine groups is 2. The first-order valence-corrected chi connectivity index (χ1v) is 4.35. The van der Waals surface area contributed by atoms with Gasteiger partial charge in [-0.25, -0.2) is 9.86 Å². The van der Waals surface area contributed by atoms with E-state index in [0.717, 1.165) is 0 Å². The molecule has 0 saturated heterocycles. The molecule has 1 fully saturated rings. The largest absolute Gasteiger partial charge is 0.465 e. The number of carboxylic acid groups (broad SMARTS) is 1. The molecule has 1 rings (SSSR count). The Balaban J connectivity index is 2.27. The molecule has 14 heavy (non-hydrogen) atoms. The van der Waals surface area contributed by atoms with Crippen molar-refractivity contribution in [2.75, 3.05) is 14.2 Å². The van der Waals surface area contributed by atoms with Crippen LogP contribution in [-0.4, -0.2) is 42.4 Å². The van der Waals surface area contributed by atoms with Gasteiger partial charge in [0, 0.05) is 19.0 Å². The molecule has 0 heterocycles. The van der Waals surface area contributed by atoms with E-state index in [4.69, 9.17) is 9.94 Å². The summed E-state index contributed by atoms with van der Waals surface area (Å²) in [6.07, 6.45) is 0.0681. The Labute approximate surface area is 81.8 Å². The average Bonchev–Trinajstić information content (AvgIpc) is 2.07. The highest BCUT2D eigenvalue weighted by molar-refractivity contribution is 5.79. The number of carbonyl (C=O) groups excluding carboxylic acids is 1. The maximum absolute atomic E-state index is 11.4. The average molecular weight is 202 g/mol. The van der Waals surface area contributed by atoms with Crippen molar-refractivity contribution >= 4 is 12.0 Å². The maximum Gasteiger partial charge on any atom is 0.404 e. The smallest absolute Gasteiger partial charge is 0.404 e. The molecule has 0 spiro atoms. The molecular weight excluding hydrogens is 188 g/mol. The SMILES string of the molecule is CON(C)C(=O)C1CC(NC(=O)O)C1. The van der Waals surface area contributed by atoms with E-state index in [1.165, 1.54) is 12.2 Å². The lowest BCUT2D eigenvalue weighted by molar-refractivity contribution is -0.176. The van der Waals surface area contributed by atoms with Crippen LogP contribution in [0.25, 0.3) is 0 Å². The molecular formula is C8H14N2O4. The van der Waals surface area contributed by atoms with Gasteiger partial charge in [-0.05, 0) is 12.8 Å². The third-order valence-corrected chi connectivity index (χ3v) is 2.40. The molecule has 0 aromatic rings. The molecule has 0 aliphatic heterocycles. The van der Waals surface area contributed by atoms with Crippen molar-refractivity contribution in [2.45, 2.75) is 18.9 Å². The van der Waals surface area contributed by atoms with Gasteiger partial charge in [0.1, 0.15) is 0 Å². The molecule has 2 N–H and O–H groups in total. The van der Waals surface area contributed by atoms with Crippen molar-refractivity contribution < 1.29 is 19.5 Å². The second kappa shape index (κ2) is 4.28. The van der Waals surface area contributed by atoms with Gasteiger partial charge < -0.3 is 10.4 Å². The van der Waals surface area contributed by atoms with E-state index in [1.54, 1.807) is 7.05 Å². The van der Waals surface area contributed by atoms with E-state index in [-0.39, 0.29) is 17.9 Å². The van der Waals surface area contributed by atoms with Gasteiger partial charge >= 0.3 is 6.09 Å². The first kappa shape index (κ1) is 10.8. The van der Waals surface area contributed by atoms with E-state index >= 15 is 0 Å². The Morgan fingerprint density at radius 2 is 2.07 bits per heavy atom. The predicted octanol–water partition coefficient (Wildman–Crippen LogP) is 0.0524. The van der Waals surface area contributed by atoms with Gasteiger partial charge in [-0.15, -0.1) is 0 Å². The van der Waals surface area contributed by atoms with Crippen LogP contribution < -0.4 is 5.32 Å². The molecule has 6 heteroatoms. The summed E-state index contributed by atoms with van der Waals surface area (Å²) in [7, 11) is 2.96. The lowest BCUT2D eigenvalue weighted by Gasteiger charge is -2.35. The first-order valence-electron chi connectivity index (χ1n) is 4.35. The molecule has 0 radical (unpaired) electrons. The summed E-state index contributed by atoms with van der Waals surface area (Å²) in [6, 6.07) is -0.0910. The zero-order chi connectivity index (χ0) is 10.7. The summed E-state index contributed by atoms with van der Waals surface area (Å²) >= 11 is 0. The topological polar surface area (TPSA) is 78.9 Å². The van der Waals surface area contributed by atoms with Crippen molar-refractivity contribution in [3.05, 3.63) is 0 Å². The van der Waals surface area contributed by atoms with E-state index < -0.39 is 6.09 Å². The maximum atomic E-state index is 11.4. The van der Waals surface area contributed by atoms with E-state index in [9.17, 15) is 9.59 Å². The minimum absolute atomic E-state index is 0.0910. The number of amides is 2. The first-order chi connectivity index (χ1) is 6.54. The molecule has 0 aromatic heterocycles. The fourth-order valence-corrected chi connectivity index (χ4v) is 1.46. The lowest BCUT2D eigenvalue weighted by Crippen LogP contribution is -2.49. The molecule has 0 unspecified atom stereocenters. The quantitative estimate of drug-likeness (QED) is 0.634. The molecule has 0 bridgehead atoms. The van der Waals surface area contributed by atoms with Crippen LogP contribution in [0, 0.1) is 5.92 Å². The van der Waals surface area contributed by atoms with Gasteiger partial charge in [-0.3, -0.25) is 9.63 Å². The normalized spacial score (nSPS) is 25.0. The highest BCUT2D eigenvalue weighted by atomic mass is 16.7. The molecule has 2 amide bonds. The molecule has 80 valence electrons. The Kier molecular flexibility index (Phi) is 3.29. The second-order valence-electron chi connectivity index (χ2n) is 3.33. The van der Waals surface area contributed by atoms with Crippen LogP contribution in [0.15, 0.2) is 0 Å². The Bertz CT molecular complexity index is 237. The number of hydrogen-bond donors (Lipinski definition) is 2. The summed E-state index contributed by atoms with van der Waals surface area (Å²) in [5, 5.41) is 11.9.